The maximum absolute atomic E-state index is 13.7. The van der Waals surface area contributed by atoms with Crippen LogP contribution in [0.4, 0.5) is 23.4 Å². The van der Waals surface area contributed by atoms with Gasteiger partial charge < -0.3 is 5.32 Å². The Morgan fingerprint density at radius 2 is 1.73 bits per heavy atom. The molecule has 8 heteroatoms. The number of nitrogens with zero attached hydrogens (tertiary/aromatic N) is 2. The van der Waals surface area contributed by atoms with Crippen LogP contribution in [0.1, 0.15) is 21.5 Å². The first-order chi connectivity index (χ1) is 12.4. The molecule has 0 saturated heterocycles. The van der Waals surface area contributed by atoms with E-state index in [1.54, 1.807) is 31.2 Å². The van der Waals surface area contributed by atoms with E-state index >= 15 is 0 Å². The fourth-order valence-corrected chi connectivity index (χ4v) is 2.45. The second-order valence-corrected chi connectivity index (χ2v) is 5.61. The number of amides is 1. The van der Waals surface area contributed by atoms with Gasteiger partial charge in [0.2, 0.25) is 0 Å². The second kappa shape index (κ2) is 6.99. The highest BCUT2D eigenvalue weighted by Gasteiger charge is 2.20. The van der Waals surface area contributed by atoms with Crippen molar-refractivity contribution in [1.29, 1.82) is 0 Å². The predicted octanol–water partition coefficient (Wildman–Crippen LogP) is 4.05. The normalized spacial score (nSPS) is 10.8. The molecule has 0 bridgehead atoms. The molecule has 0 aliphatic heterocycles. The number of carbonyl (C=O) groups excluding carboxylic acids is 1. The molecule has 1 amide bonds. The van der Waals surface area contributed by atoms with Crippen LogP contribution in [0, 0.1) is 30.2 Å². The Morgan fingerprint density at radius 3 is 2.38 bits per heavy atom. The van der Waals surface area contributed by atoms with E-state index in [2.05, 4.69) is 10.4 Å². The van der Waals surface area contributed by atoms with E-state index < -0.39 is 41.3 Å². The van der Waals surface area contributed by atoms with Gasteiger partial charge in [-0.25, -0.2) is 17.6 Å². The summed E-state index contributed by atoms with van der Waals surface area (Å²) < 4.78 is 55.0. The summed E-state index contributed by atoms with van der Waals surface area (Å²) in [5.41, 5.74) is 0.428. The van der Waals surface area contributed by atoms with Crippen LogP contribution in [-0.4, -0.2) is 15.7 Å². The van der Waals surface area contributed by atoms with Crippen LogP contribution in [0.25, 0.3) is 0 Å². The third-order valence-electron chi connectivity index (χ3n) is 3.79. The first-order valence-corrected chi connectivity index (χ1v) is 7.59. The summed E-state index contributed by atoms with van der Waals surface area (Å²) in [5.74, 6) is -6.20. The van der Waals surface area contributed by atoms with Gasteiger partial charge in [-0.15, -0.1) is 0 Å². The van der Waals surface area contributed by atoms with Crippen molar-refractivity contribution in [2.75, 3.05) is 5.32 Å². The second-order valence-electron chi connectivity index (χ2n) is 5.61. The lowest BCUT2D eigenvalue weighted by atomic mass is 10.1. The molecule has 1 N–H and O–H groups in total. The van der Waals surface area contributed by atoms with E-state index in [0.717, 1.165) is 10.2 Å². The SMILES string of the molecule is Cc1ccccc1C(=O)Nc1ccn(Cc2c(F)c(F)cc(F)c2F)n1. The molecule has 1 heterocycles. The van der Waals surface area contributed by atoms with E-state index in [9.17, 15) is 22.4 Å². The van der Waals surface area contributed by atoms with Crippen molar-refractivity contribution in [2.45, 2.75) is 13.5 Å². The number of aromatic nitrogens is 2. The molecule has 0 radical (unpaired) electrons. The molecule has 0 saturated carbocycles. The minimum Gasteiger partial charge on any atom is -0.305 e. The van der Waals surface area contributed by atoms with Crippen LogP contribution in [0.5, 0.6) is 0 Å². The molecule has 0 unspecified atom stereocenters. The van der Waals surface area contributed by atoms with E-state index in [1.165, 1.54) is 12.3 Å². The Hall–Kier alpha value is -3.16. The van der Waals surface area contributed by atoms with Crippen molar-refractivity contribution in [2.24, 2.45) is 0 Å². The van der Waals surface area contributed by atoms with E-state index in [1.807, 2.05) is 0 Å². The van der Waals surface area contributed by atoms with Gasteiger partial charge in [-0.1, -0.05) is 18.2 Å². The third kappa shape index (κ3) is 3.44. The first kappa shape index (κ1) is 17.7. The molecular formula is C18H13F4N3O. The largest absolute Gasteiger partial charge is 0.305 e. The van der Waals surface area contributed by atoms with Crippen LogP contribution < -0.4 is 5.32 Å². The van der Waals surface area contributed by atoms with Crippen molar-refractivity contribution >= 4 is 11.7 Å². The van der Waals surface area contributed by atoms with Gasteiger partial charge in [0.15, 0.2) is 29.1 Å². The summed E-state index contributed by atoms with van der Waals surface area (Å²) in [4.78, 5) is 12.2. The van der Waals surface area contributed by atoms with Gasteiger partial charge in [0, 0.05) is 23.9 Å². The van der Waals surface area contributed by atoms with Gasteiger partial charge in [-0.3, -0.25) is 9.48 Å². The molecular weight excluding hydrogens is 350 g/mol. The zero-order chi connectivity index (χ0) is 18.8. The standard InChI is InChI=1S/C18H13F4N3O/c1-10-4-2-3-5-11(10)18(26)23-15-6-7-25(24-15)9-12-16(21)13(19)8-14(20)17(12)22/h2-8H,9H2,1H3,(H,23,24,26). The molecule has 2 aromatic carbocycles. The highest BCUT2D eigenvalue weighted by atomic mass is 19.2. The molecule has 134 valence electrons. The maximum Gasteiger partial charge on any atom is 0.257 e. The van der Waals surface area contributed by atoms with Crippen molar-refractivity contribution < 1.29 is 22.4 Å². The lowest BCUT2D eigenvalue weighted by molar-refractivity contribution is 0.102. The average molecular weight is 363 g/mol. The van der Waals surface area contributed by atoms with Gasteiger partial charge in [0.05, 0.1) is 12.1 Å². The highest BCUT2D eigenvalue weighted by Crippen LogP contribution is 2.20. The van der Waals surface area contributed by atoms with Gasteiger partial charge in [0.25, 0.3) is 5.91 Å². The molecule has 0 aliphatic rings. The quantitative estimate of drug-likeness (QED) is 0.562. The summed E-state index contributed by atoms with van der Waals surface area (Å²) >= 11 is 0. The molecule has 0 atom stereocenters. The lowest BCUT2D eigenvalue weighted by Crippen LogP contribution is -2.14. The molecule has 3 aromatic rings. The monoisotopic (exact) mass is 363 g/mol. The van der Waals surface area contributed by atoms with Crippen LogP contribution in [-0.2, 0) is 6.54 Å². The van der Waals surface area contributed by atoms with Crippen molar-refractivity contribution in [3.05, 3.63) is 82.6 Å². The Balaban J connectivity index is 1.79. The van der Waals surface area contributed by atoms with Crippen molar-refractivity contribution in [3.8, 4) is 0 Å². The topological polar surface area (TPSA) is 46.9 Å². The fourth-order valence-electron chi connectivity index (χ4n) is 2.45. The molecule has 0 aliphatic carbocycles. The maximum atomic E-state index is 13.7. The number of hydrogen-bond donors (Lipinski definition) is 1. The third-order valence-corrected chi connectivity index (χ3v) is 3.79. The number of carbonyl (C=O) groups is 1. The minimum absolute atomic E-state index is 0.135. The lowest BCUT2D eigenvalue weighted by Gasteiger charge is -2.07. The summed E-state index contributed by atoms with van der Waals surface area (Å²) in [7, 11) is 0. The number of rotatable bonds is 4. The number of aryl methyl sites for hydroxylation is 1. The zero-order valence-electron chi connectivity index (χ0n) is 13.6. The van der Waals surface area contributed by atoms with E-state index in [4.69, 9.17) is 0 Å². The van der Waals surface area contributed by atoms with Crippen LogP contribution in [0.3, 0.4) is 0 Å². The summed E-state index contributed by atoms with van der Waals surface area (Å²) in [6, 6.07) is 8.47. The Bertz CT molecular complexity index is 958. The zero-order valence-corrected chi connectivity index (χ0v) is 13.6. The van der Waals surface area contributed by atoms with Gasteiger partial charge in [0.1, 0.15) is 0 Å². The number of nitrogens with one attached hydrogen (secondary N) is 1. The van der Waals surface area contributed by atoms with Gasteiger partial charge >= 0.3 is 0 Å². The molecule has 1 aromatic heterocycles. The van der Waals surface area contributed by atoms with Gasteiger partial charge in [-0.2, -0.15) is 5.10 Å². The highest BCUT2D eigenvalue weighted by molar-refractivity contribution is 6.04. The smallest absolute Gasteiger partial charge is 0.257 e. The van der Waals surface area contributed by atoms with E-state index in [0.29, 0.717) is 5.56 Å². The van der Waals surface area contributed by atoms with Gasteiger partial charge in [-0.05, 0) is 18.6 Å². The first-order valence-electron chi connectivity index (χ1n) is 7.59. The molecule has 26 heavy (non-hydrogen) atoms. The molecule has 3 rings (SSSR count). The Kier molecular flexibility index (Phi) is 4.75. The van der Waals surface area contributed by atoms with Crippen molar-refractivity contribution in [1.82, 2.24) is 9.78 Å². The fraction of sp³-hybridized carbons (Fsp3) is 0.111. The Labute approximate surface area is 146 Å². The Morgan fingerprint density at radius 1 is 1.08 bits per heavy atom. The summed E-state index contributed by atoms with van der Waals surface area (Å²) in [5, 5.41) is 6.50. The number of benzene rings is 2. The van der Waals surface area contributed by atoms with Crippen LogP contribution in [0.2, 0.25) is 0 Å². The van der Waals surface area contributed by atoms with E-state index in [-0.39, 0.29) is 11.9 Å². The molecule has 4 nitrogen and oxygen atoms in total. The summed E-state index contributed by atoms with van der Waals surface area (Å²) in [6.45, 7) is 1.24. The summed E-state index contributed by atoms with van der Waals surface area (Å²) in [6.07, 6.45) is 1.33. The van der Waals surface area contributed by atoms with Crippen LogP contribution >= 0.6 is 0 Å². The predicted molar refractivity (Wildman–Crippen MR) is 86.7 cm³/mol. The number of hydrogen-bond acceptors (Lipinski definition) is 2. The average Bonchev–Trinajstić information content (AvgIpc) is 3.04. The number of anilines is 1. The molecule has 0 spiro atoms. The van der Waals surface area contributed by atoms with Crippen molar-refractivity contribution in [3.63, 3.8) is 0 Å². The minimum atomic E-state index is -1.49. The number of halogens is 4. The molecule has 0 fully saturated rings. The van der Waals surface area contributed by atoms with Crippen LogP contribution in [0.15, 0.2) is 42.6 Å².